The van der Waals surface area contributed by atoms with Gasteiger partial charge >= 0.3 is 0 Å². The molecule has 0 amide bonds. The highest BCUT2D eigenvalue weighted by atomic mass is 35.5. The van der Waals surface area contributed by atoms with Crippen molar-refractivity contribution in [3.8, 4) is 23.3 Å². The lowest BCUT2D eigenvalue weighted by atomic mass is 10.2. The van der Waals surface area contributed by atoms with Gasteiger partial charge in [-0.15, -0.1) is 0 Å². The van der Waals surface area contributed by atoms with E-state index < -0.39 is 0 Å². The highest BCUT2D eigenvalue weighted by Gasteiger charge is 2.08. The molecular formula is C14H9Cl2NO2. The van der Waals surface area contributed by atoms with Crippen molar-refractivity contribution in [1.29, 1.82) is 5.26 Å². The highest BCUT2D eigenvalue weighted by molar-refractivity contribution is 6.34. The number of hydrogen-bond donors (Lipinski definition) is 0. The van der Waals surface area contributed by atoms with Crippen molar-refractivity contribution in [2.24, 2.45) is 0 Å². The summed E-state index contributed by atoms with van der Waals surface area (Å²) >= 11 is 11.8. The van der Waals surface area contributed by atoms with Crippen LogP contribution in [-0.2, 0) is 0 Å². The van der Waals surface area contributed by atoms with Gasteiger partial charge < -0.3 is 9.47 Å². The minimum Gasteiger partial charge on any atom is -0.493 e. The quantitative estimate of drug-likeness (QED) is 0.826. The van der Waals surface area contributed by atoms with Gasteiger partial charge in [0.15, 0.2) is 11.5 Å². The molecule has 2 rings (SSSR count). The average molecular weight is 294 g/mol. The summed E-state index contributed by atoms with van der Waals surface area (Å²) in [6, 6.07) is 11.8. The number of rotatable bonds is 3. The van der Waals surface area contributed by atoms with Crippen LogP contribution in [0.4, 0.5) is 0 Å². The number of halogens is 2. The van der Waals surface area contributed by atoms with E-state index in [0.29, 0.717) is 32.9 Å². The Labute approximate surface area is 120 Å². The average Bonchev–Trinajstić information content (AvgIpc) is 2.38. The summed E-state index contributed by atoms with van der Waals surface area (Å²) < 4.78 is 10.8. The second-order valence-electron chi connectivity index (χ2n) is 3.68. The molecule has 0 N–H and O–H groups in total. The van der Waals surface area contributed by atoms with Crippen molar-refractivity contribution in [1.82, 2.24) is 0 Å². The van der Waals surface area contributed by atoms with Crippen LogP contribution in [0.25, 0.3) is 0 Å². The molecule has 0 saturated heterocycles. The largest absolute Gasteiger partial charge is 0.493 e. The number of methoxy groups -OCH3 is 1. The molecule has 0 fully saturated rings. The van der Waals surface area contributed by atoms with Gasteiger partial charge in [-0.05, 0) is 30.3 Å². The van der Waals surface area contributed by atoms with Gasteiger partial charge in [-0.3, -0.25) is 0 Å². The summed E-state index contributed by atoms with van der Waals surface area (Å²) in [5, 5.41) is 9.79. The molecule has 5 heteroatoms. The number of hydrogen-bond acceptors (Lipinski definition) is 3. The first-order chi connectivity index (χ1) is 9.12. The number of benzene rings is 2. The van der Waals surface area contributed by atoms with Crippen LogP contribution in [0.5, 0.6) is 17.2 Å². The molecule has 2 aromatic rings. The summed E-state index contributed by atoms with van der Waals surface area (Å²) in [5.74, 6) is 1.45. The monoisotopic (exact) mass is 293 g/mol. The van der Waals surface area contributed by atoms with Crippen molar-refractivity contribution in [3.05, 3.63) is 52.0 Å². The summed E-state index contributed by atoms with van der Waals surface area (Å²) in [4.78, 5) is 0. The zero-order chi connectivity index (χ0) is 13.8. The van der Waals surface area contributed by atoms with Gasteiger partial charge in [-0.1, -0.05) is 23.2 Å². The predicted octanol–water partition coefficient (Wildman–Crippen LogP) is 4.67. The van der Waals surface area contributed by atoms with Crippen LogP contribution < -0.4 is 9.47 Å². The lowest BCUT2D eigenvalue weighted by Gasteiger charge is -2.11. The van der Waals surface area contributed by atoms with Crippen LogP contribution in [0.3, 0.4) is 0 Å². The Kier molecular flexibility index (Phi) is 4.16. The molecule has 0 aromatic heterocycles. The van der Waals surface area contributed by atoms with Crippen LogP contribution in [0.1, 0.15) is 5.56 Å². The summed E-state index contributed by atoms with van der Waals surface area (Å²) in [5.41, 5.74) is 0.494. The topological polar surface area (TPSA) is 42.2 Å². The molecule has 0 saturated carbocycles. The Hall–Kier alpha value is -1.89. The van der Waals surface area contributed by atoms with E-state index in [-0.39, 0.29) is 0 Å². The maximum absolute atomic E-state index is 8.83. The third-order valence-electron chi connectivity index (χ3n) is 2.36. The molecule has 0 radical (unpaired) electrons. The Morgan fingerprint density at radius 2 is 1.68 bits per heavy atom. The fourth-order valence-corrected chi connectivity index (χ4v) is 2.04. The zero-order valence-electron chi connectivity index (χ0n) is 9.98. The van der Waals surface area contributed by atoms with E-state index in [9.17, 15) is 0 Å². The maximum Gasteiger partial charge on any atom is 0.169 e. The number of nitrogens with zero attached hydrogens (tertiary/aromatic N) is 1. The van der Waals surface area contributed by atoms with Crippen molar-refractivity contribution in [3.63, 3.8) is 0 Å². The van der Waals surface area contributed by atoms with Crippen LogP contribution in [-0.4, -0.2) is 7.11 Å². The van der Waals surface area contributed by atoms with E-state index in [4.69, 9.17) is 37.9 Å². The highest BCUT2D eigenvalue weighted by Crippen LogP contribution is 2.34. The van der Waals surface area contributed by atoms with Gasteiger partial charge in [0.05, 0.1) is 18.7 Å². The Balaban J connectivity index is 2.35. The first-order valence-electron chi connectivity index (χ1n) is 5.34. The molecule has 0 aliphatic rings. The normalized spacial score (nSPS) is 9.79. The van der Waals surface area contributed by atoms with Crippen LogP contribution in [0.2, 0.25) is 10.0 Å². The van der Waals surface area contributed by atoms with Gasteiger partial charge in [0.1, 0.15) is 5.75 Å². The predicted molar refractivity (Wildman–Crippen MR) is 74.2 cm³/mol. The van der Waals surface area contributed by atoms with Crippen molar-refractivity contribution < 1.29 is 9.47 Å². The minimum atomic E-state index is 0.468. The summed E-state index contributed by atoms with van der Waals surface area (Å²) in [6.07, 6.45) is 0. The fraction of sp³-hybridized carbons (Fsp3) is 0.0714. The van der Waals surface area contributed by atoms with Gasteiger partial charge in [0.25, 0.3) is 0 Å². The van der Waals surface area contributed by atoms with E-state index in [1.807, 2.05) is 6.07 Å². The van der Waals surface area contributed by atoms with Crippen molar-refractivity contribution >= 4 is 23.2 Å². The number of nitriles is 1. The third kappa shape index (κ3) is 3.31. The smallest absolute Gasteiger partial charge is 0.169 e. The van der Waals surface area contributed by atoms with E-state index in [0.717, 1.165) is 0 Å². The molecule has 19 heavy (non-hydrogen) atoms. The molecule has 96 valence electrons. The molecule has 0 aliphatic heterocycles. The van der Waals surface area contributed by atoms with Crippen LogP contribution >= 0.6 is 23.2 Å². The minimum absolute atomic E-state index is 0.468. The van der Waals surface area contributed by atoms with Crippen LogP contribution in [0, 0.1) is 11.3 Å². The molecule has 3 nitrogen and oxygen atoms in total. The Bertz CT molecular complexity index is 630. The first-order valence-corrected chi connectivity index (χ1v) is 6.10. The second kappa shape index (κ2) is 5.83. The standard InChI is InChI=1S/C14H9Cl2NO2/c1-18-14-4-9(8-17)2-3-13(14)19-12-6-10(15)5-11(16)7-12/h2-7H,1H3. The second-order valence-corrected chi connectivity index (χ2v) is 4.56. The summed E-state index contributed by atoms with van der Waals surface area (Å²) in [6.45, 7) is 0. The SMILES string of the molecule is COc1cc(C#N)ccc1Oc1cc(Cl)cc(Cl)c1. The zero-order valence-corrected chi connectivity index (χ0v) is 11.5. The van der Waals surface area contributed by atoms with E-state index >= 15 is 0 Å². The molecule has 0 atom stereocenters. The van der Waals surface area contributed by atoms with E-state index in [2.05, 4.69) is 0 Å². The van der Waals surface area contributed by atoms with E-state index in [1.165, 1.54) is 7.11 Å². The molecule has 0 unspecified atom stereocenters. The molecule has 2 aromatic carbocycles. The lowest BCUT2D eigenvalue weighted by molar-refractivity contribution is 0.379. The van der Waals surface area contributed by atoms with Gasteiger partial charge in [0, 0.05) is 16.1 Å². The molecule has 0 aliphatic carbocycles. The Morgan fingerprint density at radius 3 is 2.26 bits per heavy atom. The van der Waals surface area contributed by atoms with Crippen LogP contribution in [0.15, 0.2) is 36.4 Å². The van der Waals surface area contributed by atoms with Gasteiger partial charge in [-0.2, -0.15) is 5.26 Å². The van der Waals surface area contributed by atoms with Gasteiger partial charge in [0.2, 0.25) is 0 Å². The fourth-order valence-electron chi connectivity index (χ4n) is 1.54. The van der Waals surface area contributed by atoms with Crippen molar-refractivity contribution in [2.75, 3.05) is 7.11 Å². The molecule has 0 spiro atoms. The van der Waals surface area contributed by atoms with Gasteiger partial charge in [-0.25, -0.2) is 0 Å². The number of ether oxygens (including phenoxy) is 2. The molecule has 0 bridgehead atoms. The molecule has 0 heterocycles. The third-order valence-corrected chi connectivity index (χ3v) is 2.79. The first kappa shape index (κ1) is 13.5. The lowest BCUT2D eigenvalue weighted by Crippen LogP contribution is -1.91. The summed E-state index contributed by atoms with van der Waals surface area (Å²) in [7, 11) is 1.51. The molecular weight excluding hydrogens is 285 g/mol. The maximum atomic E-state index is 8.83. The Morgan fingerprint density at radius 1 is 1.00 bits per heavy atom. The van der Waals surface area contributed by atoms with E-state index in [1.54, 1.807) is 36.4 Å². The van der Waals surface area contributed by atoms with Crippen molar-refractivity contribution in [2.45, 2.75) is 0 Å².